The Balaban J connectivity index is 1.51. The molecule has 1 heterocycles. The quantitative estimate of drug-likeness (QED) is 0.655. The normalized spacial score (nSPS) is 14.3. The first-order valence-electron chi connectivity index (χ1n) is 9.36. The van der Waals surface area contributed by atoms with E-state index in [-0.39, 0.29) is 17.1 Å². The number of carbonyl (C=O) groups is 2. The van der Waals surface area contributed by atoms with Gasteiger partial charge in [-0.05, 0) is 67.8 Å². The van der Waals surface area contributed by atoms with Crippen LogP contribution in [-0.4, -0.2) is 44.2 Å². The lowest BCUT2D eigenvalue weighted by molar-refractivity contribution is -0.123. The van der Waals surface area contributed by atoms with E-state index in [1.807, 2.05) is 0 Å². The number of nitrogens with zero attached hydrogens (tertiary/aromatic N) is 1. The van der Waals surface area contributed by atoms with Crippen LogP contribution in [0.25, 0.3) is 0 Å². The summed E-state index contributed by atoms with van der Waals surface area (Å²) in [5.41, 5.74) is 5.52. The van der Waals surface area contributed by atoms with Crippen LogP contribution in [-0.2, 0) is 14.8 Å². The Labute approximate surface area is 180 Å². The molecule has 0 unspecified atom stereocenters. The van der Waals surface area contributed by atoms with Crippen LogP contribution in [0.5, 0.6) is 5.75 Å². The van der Waals surface area contributed by atoms with Gasteiger partial charge in [0.2, 0.25) is 10.0 Å². The summed E-state index contributed by atoms with van der Waals surface area (Å²) in [7, 11) is -3.54. The summed E-state index contributed by atoms with van der Waals surface area (Å²) >= 11 is 5.87. The highest BCUT2D eigenvalue weighted by molar-refractivity contribution is 7.89. The smallest absolute Gasteiger partial charge is 0.276 e. The van der Waals surface area contributed by atoms with Crippen LogP contribution in [0.4, 0.5) is 0 Å². The van der Waals surface area contributed by atoms with Gasteiger partial charge in [-0.3, -0.25) is 20.4 Å². The van der Waals surface area contributed by atoms with Gasteiger partial charge in [0.05, 0.1) is 4.90 Å². The monoisotopic (exact) mass is 451 g/mol. The van der Waals surface area contributed by atoms with Crippen LogP contribution in [0.3, 0.4) is 0 Å². The first kappa shape index (κ1) is 22.1. The molecule has 10 heteroatoms. The molecule has 1 aliphatic rings. The number of halogens is 1. The van der Waals surface area contributed by atoms with E-state index in [0.29, 0.717) is 23.9 Å². The Morgan fingerprint density at radius 1 is 1.07 bits per heavy atom. The fourth-order valence-electron chi connectivity index (χ4n) is 3.01. The maximum absolute atomic E-state index is 12.5. The van der Waals surface area contributed by atoms with Crippen molar-refractivity contribution in [3.63, 3.8) is 0 Å². The van der Waals surface area contributed by atoms with Crippen molar-refractivity contribution in [1.82, 2.24) is 15.2 Å². The maximum Gasteiger partial charge on any atom is 0.276 e. The molecule has 0 aromatic heterocycles. The van der Waals surface area contributed by atoms with Gasteiger partial charge in [-0.25, -0.2) is 8.42 Å². The van der Waals surface area contributed by atoms with E-state index < -0.39 is 21.8 Å². The van der Waals surface area contributed by atoms with Gasteiger partial charge >= 0.3 is 0 Å². The molecule has 2 aromatic rings. The van der Waals surface area contributed by atoms with Crippen molar-refractivity contribution in [2.45, 2.75) is 24.7 Å². The second kappa shape index (κ2) is 9.46. The zero-order valence-corrected chi connectivity index (χ0v) is 17.9. The molecule has 2 aromatic carbocycles. The summed E-state index contributed by atoms with van der Waals surface area (Å²) in [6.07, 6.45) is 1.70. The molecule has 2 amide bonds. The van der Waals surface area contributed by atoms with Gasteiger partial charge in [-0.15, -0.1) is 0 Å². The predicted octanol–water partition coefficient (Wildman–Crippen LogP) is 2.27. The molecule has 2 N–H and O–H groups in total. The van der Waals surface area contributed by atoms with Crippen LogP contribution < -0.4 is 15.6 Å². The SMILES string of the molecule is Cc1cc(Cl)ccc1OCC(=O)NNC(=O)c1ccc(S(=O)(=O)N2CCCC2)cc1. The van der Waals surface area contributed by atoms with Crippen LogP contribution in [0.15, 0.2) is 47.4 Å². The summed E-state index contributed by atoms with van der Waals surface area (Å²) in [6, 6.07) is 10.6. The van der Waals surface area contributed by atoms with Gasteiger partial charge < -0.3 is 4.74 Å². The molecule has 1 saturated heterocycles. The first-order valence-corrected chi connectivity index (χ1v) is 11.2. The minimum absolute atomic E-state index is 0.136. The summed E-state index contributed by atoms with van der Waals surface area (Å²) in [4.78, 5) is 24.2. The summed E-state index contributed by atoms with van der Waals surface area (Å²) in [5, 5.41) is 0.566. The van der Waals surface area contributed by atoms with Crippen molar-refractivity contribution >= 4 is 33.4 Å². The Bertz CT molecular complexity index is 1030. The number of ether oxygens (including phenoxy) is 1. The van der Waals surface area contributed by atoms with Gasteiger partial charge in [0.1, 0.15) is 5.75 Å². The summed E-state index contributed by atoms with van der Waals surface area (Å²) in [5.74, 6) is -0.613. The van der Waals surface area contributed by atoms with Crippen molar-refractivity contribution < 1.29 is 22.7 Å². The standard InChI is InChI=1S/C20H22ClN3O5S/c1-14-12-16(21)6-9-18(14)29-13-19(25)22-23-20(26)15-4-7-17(8-5-15)30(27,28)24-10-2-3-11-24/h4-9,12H,2-3,10-11,13H2,1H3,(H,22,25)(H,23,26). The number of aryl methyl sites for hydroxylation is 1. The number of benzene rings is 2. The van der Waals surface area contributed by atoms with Crippen molar-refractivity contribution in [2.75, 3.05) is 19.7 Å². The third kappa shape index (κ3) is 5.29. The second-order valence-electron chi connectivity index (χ2n) is 6.84. The molecule has 1 aliphatic heterocycles. The molecule has 0 radical (unpaired) electrons. The molecule has 0 saturated carbocycles. The molecule has 30 heavy (non-hydrogen) atoms. The molecule has 8 nitrogen and oxygen atoms in total. The molecular weight excluding hydrogens is 430 g/mol. The predicted molar refractivity (Wildman–Crippen MR) is 112 cm³/mol. The largest absolute Gasteiger partial charge is 0.483 e. The van der Waals surface area contributed by atoms with E-state index in [4.69, 9.17) is 16.3 Å². The van der Waals surface area contributed by atoms with Gasteiger partial charge in [-0.2, -0.15) is 4.31 Å². The highest BCUT2D eigenvalue weighted by atomic mass is 35.5. The molecule has 0 aliphatic carbocycles. The van der Waals surface area contributed by atoms with E-state index in [0.717, 1.165) is 18.4 Å². The van der Waals surface area contributed by atoms with E-state index >= 15 is 0 Å². The van der Waals surface area contributed by atoms with E-state index in [2.05, 4.69) is 10.9 Å². The topological polar surface area (TPSA) is 105 Å². The molecule has 160 valence electrons. The molecular formula is C20H22ClN3O5S. The average Bonchev–Trinajstić information content (AvgIpc) is 3.27. The van der Waals surface area contributed by atoms with Gasteiger partial charge in [-0.1, -0.05) is 11.6 Å². The Morgan fingerprint density at radius 2 is 1.73 bits per heavy atom. The number of carbonyl (C=O) groups excluding carboxylic acids is 2. The van der Waals surface area contributed by atoms with Gasteiger partial charge in [0.15, 0.2) is 6.61 Å². The fourth-order valence-corrected chi connectivity index (χ4v) is 4.75. The number of rotatable bonds is 6. The third-order valence-corrected chi connectivity index (χ3v) is 6.78. The van der Waals surface area contributed by atoms with Crippen LogP contribution in [0.1, 0.15) is 28.8 Å². The van der Waals surface area contributed by atoms with Crippen LogP contribution in [0, 0.1) is 6.92 Å². The van der Waals surface area contributed by atoms with E-state index in [1.54, 1.807) is 25.1 Å². The lowest BCUT2D eigenvalue weighted by Gasteiger charge is -2.15. The van der Waals surface area contributed by atoms with Crippen molar-refractivity contribution in [1.29, 1.82) is 0 Å². The summed E-state index contributed by atoms with van der Waals surface area (Å²) < 4.78 is 31.9. The lowest BCUT2D eigenvalue weighted by Crippen LogP contribution is -2.43. The third-order valence-electron chi connectivity index (χ3n) is 4.63. The number of hydrazine groups is 1. The number of amides is 2. The van der Waals surface area contributed by atoms with Crippen molar-refractivity contribution in [3.8, 4) is 5.75 Å². The molecule has 3 rings (SSSR count). The maximum atomic E-state index is 12.5. The minimum atomic E-state index is -3.54. The minimum Gasteiger partial charge on any atom is -0.483 e. The van der Waals surface area contributed by atoms with E-state index in [1.165, 1.54) is 28.6 Å². The first-order chi connectivity index (χ1) is 14.3. The second-order valence-corrected chi connectivity index (χ2v) is 9.21. The number of hydrogen-bond acceptors (Lipinski definition) is 5. The van der Waals surface area contributed by atoms with Crippen LogP contribution in [0.2, 0.25) is 5.02 Å². The molecule has 0 spiro atoms. The number of nitrogens with one attached hydrogen (secondary N) is 2. The van der Waals surface area contributed by atoms with Gasteiger partial charge in [0, 0.05) is 23.7 Å². The number of hydrogen-bond donors (Lipinski definition) is 2. The van der Waals surface area contributed by atoms with Crippen molar-refractivity contribution in [2.24, 2.45) is 0 Å². The van der Waals surface area contributed by atoms with Gasteiger partial charge in [0.25, 0.3) is 11.8 Å². The zero-order valence-electron chi connectivity index (χ0n) is 16.4. The van der Waals surface area contributed by atoms with Crippen molar-refractivity contribution in [3.05, 3.63) is 58.6 Å². The van der Waals surface area contributed by atoms with Crippen LogP contribution >= 0.6 is 11.6 Å². The molecule has 0 bridgehead atoms. The Hall–Kier alpha value is -2.62. The fraction of sp³-hybridized carbons (Fsp3) is 0.300. The molecule has 1 fully saturated rings. The summed E-state index contributed by atoms with van der Waals surface area (Å²) in [6.45, 7) is 2.52. The average molecular weight is 452 g/mol. The van der Waals surface area contributed by atoms with E-state index in [9.17, 15) is 18.0 Å². The zero-order chi connectivity index (χ0) is 21.7. The Morgan fingerprint density at radius 3 is 2.37 bits per heavy atom. The molecule has 0 atom stereocenters. The number of sulfonamides is 1. The Kier molecular flexibility index (Phi) is 6.96. The highest BCUT2D eigenvalue weighted by Gasteiger charge is 2.27. The highest BCUT2D eigenvalue weighted by Crippen LogP contribution is 2.22. The lowest BCUT2D eigenvalue weighted by atomic mass is 10.2.